The van der Waals surface area contributed by atoms with E-state index in [4.69, 9.17) is 0 Å². The molecule has 0 aromatic heterocycles. The van der Waals surface area contributed by atoms with E-state index < -0.39 is 4.92 Å². The standard InChI is InChI=1S/C17H18N4O3/c1-12-6-7-15(8-13(12)2)18-11-17(22)20-19-10-14-4-3-5-16(9-14)21(23)24/h3-10,18H,11H2,1-2H3,(H,20,22). The van der Waals surface area contributed by atoms with Crippen molar-refractivity contribution in [1.82, 2.24) is 5.43 Å². The number of nitro benzene ring substituents is 1. The molecule has 0 fully saturated rings. The van der Waals surface area contributed by atoms with Gasteiger partial charge in [-0.25, -0.2) is 5.43 Å². The summed E-state index contributed by atoms with van der Waals surface area (Å²) in [4.78, 5) is 21.9. The first-order valence-electron chi connectivity index (χ1n) is 7.33. The monoisotopic (exact) mass is 326 g/mol. The Morgan fingerprint density at radius 1 is 1.21 bits per heavy atom. The maximum Gasteiger partial charge on any atom is 0.270 e. The van der Waals surface area contributed by atoms with E-state index in [1.54, 1.807) is 12.1 Å². The molecule has 2 aromatic rings. The van der Waals surface area contributed by atoms with Crippen molar-refractivity contribution < 1.29 is 9.72 Å². The van der Waals surface area contributed by atoms with Gasteiger partial charge in [0.2, 0.25) is 0 Å². The number of nitrogens with zero attached hydrogens (tertiary/aromatic N) is 2. The Morgan fingerprint density at radius 2 is 2.00 bits per heavy atom. The molecular weight excluding hydrogens is 308 g/mol. The fourth-order valence-corrected chi connectivity index (χ4v) is 1.97. The molecule has 1 amide bonds. The number of aryl methyl sites for hydroxylation is 2. The average Bonchev–Trinajstić information content (AvgIpc) is 2.56. The summed E-state index contributed by atoms with van der Waals surface area (Å²) in [6, 6.07) is 11.8. The summed E-state index contributed by atoms with van der Waals surface area (Å²) in [7, 11) is 0. The predicted molar refractivity (Wildman–Crippen MR) is 93.2 cm³/mol. The van der Waals surface area contributed by atoms with Crippen LogP contribution in [0.3, 0.4) is 0 Å². The lowest BCUT2D eigenvalue weighted by molar-refractivity contribution is -0.384. The maximum atomic E-state index is 11.7. The molecule has 0 aliphatic heterocycles. The number of carbonyl (C=O) groups is 1. The Bertz CT molecular complexity index is 787. The molecule has 0 heterocycles. The number of rotatable bonds is 6. The molecule has 2 rings (SSSR count). The summed E-state index contributed by atoms with van der Waals surface area (Å²) < 4.78 is 0. The number of amides is 1. The second kappa shape index (κ2) is 7.87. The third-order valence-corrected chi connectivity index (χ3v) is 3.44. The predicted octanol–water partition coefficient (Wildman–Crippen LogP) is 2.77. The molecule has 0 bridgehead atoms. The molecule has 7 heteroatoms. The second-order valence-corrected chi connectivity index (χ2v) is 5.30. The lowest BCUT2D eigenvalue weighted by atomic mass is 10.1. The van der Waals surface area contributed by atoms with Gasteiger partial charge in [-0.15, -0.1) is 0 Å². The number of carbonyl (C=O) groups excluding carboxylic acids is 1. The van der Waals surface area contributed by atoms with Gasteiger partial charge in [0.1, 0.15) is 0 Å². The Morgan fingerprint density at radius 3 is 2.71 bits per heavy atom. The molecule has 0 aliphatic carbocycles. The van der Waals surface area contributed by atoms with Crippen LogP contribution in [-0.2, 0) is 4.79 Å². The Hall–Kier alpha value is -3.22. The van der Waals surface area contributed by atoms with E-state index in [-0.39, 0.29) is 18.1 Å². The van der Waals surface area contributed by atoms with Gasteiger partial charge in [0.25, 0.3) is 11.6 Å². The highest BCUT2D eigenvalue weighted by Crippen LogP contribution is 2.13. The number of non-ortho nitro benzene ring substituents is 1. The van der Waals surface area contributed by atoms with E-state index in [1.807, 2.05) is 32.0 Å². The van der Waals surface area contributed by atoms with Gasteiger partial charge in [-0.05, 0) is 37.1 Å². The van der Waals surface area contributed by atoms with E-state index in [0.29, 0.717) is 5.56 Å². The molecular formula is C17H18N4O3. The normalized spacial score (nSPS) is 10.6. The summed E-state index contributed by atoms with van der Waals surface area (Å²) in [6.07, 6.45) is 1.36. The van der Waals surface area contributed by atoms with Crippen LogP contribution >= 0.6 is 0 Å². The molecule has 2 aromatic carbocycles. The van der Waals surface area contributed by atoms with E-state index in [9.17, 15) is 14.9 Å². The molecule has 0 saturated carbocycles. The van der Waals surface area contributed by atoms with Crippen molar-refractivity contribution >= 4 is 23.5 Å². The summed E-state index contributed by atoms with van der Waals surface area (Å²) in [5.74, 6) is -0.310. The van der Waals surface area contributed by atoms with Gasteiger partial charge in [0, 0.05) is 23.4 Å². The Balaban J connectivity index is 1.85. The molecule has 7 nitrogen and oxygen atoms in total. The third kappa shape index (κ3) is 4.91. The van der Waals surface area contributed by atoms with Crippen LogP contribution in [0.1, 0.15) is 16.7 Å². The molecule has 0 atom stereocenters. The lowest BCUT2D eigenvalue weighted by Gasteiger charge is -2.07. The first kappa shape index (κ1) is 17.1. The minimum atomic E-state index is -0.483. The van der Waals surface area contributed by atoms with Gasteiger partial charge < -0.3 is 5.32 Å². The van der Waals surface area contributed by atoms with Gasteiger partial charge in [-0.1, -0.05) is 18.2 Å². The van der Waals surface area contributed by atoms with Crippen molar-refractivity contribution in [3.8, 4) is 0 Å². The topological polar surface area (TPSA) is 96.6 Å². The highest BCUT2D eigenvalue weighted by atomic mass is 16.6. The number of nitrogens with one attached hydrogen (secondary N) is 2. The number of hydrogen-bond donors (Lipinski definition) is 2. The van der Waals surface area contributed by atoms with Gasteiger partial charge in [-0.2, -0.15) is 5.10 Å². The zero-order valence-electron chi connectivity index (χ0n) is 13.4. The second-order valence-electron chi connectivity index (χ2n) is 5.30. The number of hydrogen-bond acceptors (Lipinski definition) is 5. The van der Waals surface area contributed by atoms with Crippen LogP contribution in [0, 0.1) is 24.0 Å². The molecule has 0 spiro atoms. The Kier molecular flexibility index (Phi) is 5.62. The van der Waals surface area contributed by atoms with Crippen LogP contribution in [0.2, 0.25) is 0 Å². The van der Waals surface area contributed by atoms with Crippen molar-refractivity contribution in [2.24, 2.45) is 5.10 Å². The van der Waals surface area contributed by atoms with Crippen LogP contribution in [0.4, 0.5) is 11.4 Å². The summed E-state index contributed by atoms with van der Waals surface area (Å²) in [6.45, 7) is 4.10. The minimum Gasteiger partial charge on any atom is -0.376 e. The highest BCUT2D eigenvalue weighted by Gasteiger charge is 2.04. The van der Waals surface area contributed by atoms with E-state index in [0.717, 1.165) is 11.3 Å². The van der Waals surface area contributed by atoms with Gasteiger partial charge in [0.15, 0.2) is 0 Å². The fourth-order valence-electron chi connectivity index (χ4n) is 1.97. The molecule has 24 heavy (non-hydrogen) atoms. The van der Waals surface area contributed by atoms with Crippen molar-refractivity contribution in [1.29, 1.82) is 0 Å². The number of hydrazone groups is 1. The highest BCUT2D eigenvalue weighted by molar-refractivity contribution is 5.84. The van der Waals surface area contributed by atoms with Crippen LogP contribution in [-0.4, -0.2) is 23.6 Å². The zero-order valence-corrected chi connectivity index (χ0v) is 13.4. The van der Waals surface area contributed by atoms with Crippen LogP contribution < -0.4 is 10.7 Å². The molecule has 0 saturated heterocycles. The smallest absolute Gasteiger partial charge is 0.270 e. The minimum absolute atomic E-state index is 0.0262. The first-order valence-corrected chi connectivity index (χ1v) is 7.33. The number of benzene rings is 2. The SMILES string of the molecule is Cc1ccc(NCC(=O)NN=Cc2cccc([N+](=O)[O-])c2)cc1C. The van der Waals surface area contributed by atoms with Gasteiger partial charge in [0.05, 0.1) is 17.7 Å². The van der Waals surface area contributed by atoms with Crippen molar-refractivity contribution in [2.45, 2.75) is 13.8 Å². The quantitative estimate of drug-likeness (QED) is 0.484. The maximum absolute atomic E-state index is 11.7. The van der Waals surface area contributed by atoms with Crippen molar-refractivity contribution in [3.63, 3.8) is 0 Å². The first-order chi connectivity index (χ1) is 11.5. The third-order valence-electron chi connectivity index (χ3n) is 3.44. The van der Waals surface area contributed by atoms with E-state index >= 15 is 0 Å². The lowest BCUT2D eigenvalue weighted by Crippen LogP contribution is -2.25. The summed E-state index contributed by atoms with van der Waals surface area (Å²) in [5, 5.41) is 17.5. The zero-order chi connectivity index (χ0) is 17.5. The fraction of sp³-hybridized carbons (Fsp3) is 0.176. The summed E-state index contributed by atoms with van der Waals surface area (Å²) >= 11 is 0. The largest absolute Gasteiger partial charge is 0.376 e. The van der Waals surface area contributed by atoms with Crippen LogP contribution in [0.15, 0.2) is 47.6 Å². The molecule has 0 radical (unpaired) electrons. The molecule has 0 unspecified atom stereocenters. The summed E-state index contributed by atoms with van der Waals surface area (Å²) in [5.41, 5.74) is 6.07. The van der Waals surface area contributed by atoms with Crippen LogP contribution in [0.25, 0.3) is 0 Å². The van der Waals surface area contributed by atoms with Gasteiger partial charge >= 0.3 is 0 Å². The molecule has 2 N–H and O–H groups in total. The van der Waals surface area contributed by atoms with E-state index in [2.05, 4.69) is 15.8 Å². The van der Waals surface area contributed by atoms with Gasteiger partial charge in [-0.3, -0.25) is 14.9 Å². The van der Waals surface area contributed by atoms with Crippen molar-refractivity contribution in [2.75, 3.05) is 11.9 Å². The number of nitro groups is 1. The van der Waals surface area contributed by atoms with Crippen LogP contribution in [0.5, 0.6) is 0 Å². The Labute approximate surface area is 139 Å². The van der Waals surface area contributed by atoms with E-state index in [1.165, 1.54) is 23.9 Å². The molecule has 124 valence electrons. The number of anilines is 1. The van der Waals surface area contributed by atoms with Crippen molar-refractivity contribution in [3.05, 3.63) is 69.3 Å². The molecule has 0 aliphatic rings. The average molecular weight is 326 g/mol.